The second kappa shape index (κ2) is 7.75. The zero-order valence-electron chi connectivity index (χ0n) is 10.5. The van der Waals surface area contributed by atoms with E-state index in [1.165, 1.54) is 13.0 Å². The standard InChI is InChI=1S/C13H14N3O3/c1-10(18)14-7-5-13(19)16-12(9-17)8-11-4-2-3-6-15-11/h2-4,6,8H,5,7H2,1H3,(H,14,18)(H,16,19). The minimum Gasteiger partial charge on any atom is -0.356 e. The molecule has 6 nitrogen and oxygen atoms in total. The number of pyridine rings is 1. The van der Waals surface area contributed by atoms with Gasteiger partial charge in [0, 0.05) is 26.1 Å². The predicted molar refractivity (Wildman–Crippen MR) is 69.4 cm³/mol. The molecule has 6 heteroatoms. The number of nitrogens with one attached hydrogen (secondary N) is 2. The molecule has 19 heavy (non-hydrogen) atoms. The van der Waals surface area contributed by atoms with Crippen LogP contribution in [0.5, 0.6) is 0 Å². The maximum absolute atomic E-state index is 11.5. The molecule has 0 aliphatic rings. The van der Waals surface area contributed by atoms with Gasteiger partial charge in [0.2, 0.25) is 11.8 Å². The fourth-order valence-electron chi connectivity index (χ4n) is 1.27. The number of carbonyl (C=O) groups is 2. The lowest BCUT2D eigenvalue weighted by Gasteiger charge is -2.04. The van der Waals surface area contributed by atoms with Crippen LogP contribution in [-0.2, 0) is 14.4 Å². The molecular weight excluding hydrogens is 246 g/mol. The highest BCUT2D eigenvalue weighted by Crippen LogP contribution is 1.99. The summed E-state index contributed by atoms with van der Waals surface area (Å²) in [6, 6.07) is 5.20. The summed E-state index contributed by atoms with van der Waals surface area (Å²) in [7, 11) is 0. The Morgan fingerprint density at radius 3 is 2.79 bits per heavy atom. The normalized spacial score (nSPS) is 10.7. The minimum atomic E-state index is -0.376. The Hall–Kier alpha value is -2.50. The summed E-state index contributed by atoms with van der Waals surface area (Å²) in [6.07, 6.45) is 4.71. The molecule has 1 rings (SSSR count). The zero-order chi connectivity index (χ0) is 14.1. The fourth-order valence-corrected chi connectivity index (χ4v) is 1.27. The van der Waals surface area contributed by atoms with Crippen LogP contribution in [-0.4, -0.2) is 29.6 Å². The molecule has 0 bridgehead atoms. The predicted octanol–water partition coefficient (Wildman–Crippen LogP) is 0.175. The number of rotatable bonds is 6. The van der Waals surface area contributed by atoms with Gasteiger partial charge in [0.15, 0.2) is 0 Å². The Morgan fingerprint density at radius 2 is 2.21 bits per heavy atom. The van der Waals surface area contributed by atoms with Crippen LogP contribution in [0.3, 0.4) is 0 Å². The van der Waals surface area contributed by atoms with Gasteiger partial charge in [-0.15, -0.1) is 0 Å². The molecule has 0 aliphatic carbocycles. The molecule has 99 valence electrons. The van der Waals surface area contributed by atoms with Crippen molar-refractivity contribution in [2.24, 2.45) is 0 Å². The first-order chi connectivity index (χ1) is 9.11. The van der Waals surface area contributed by atoms with Gasteiger partial charge in [-0.05, 0) is 18.2 Å². The number of hydrogen-bond acceptors (Lipinski definition) is 4. The summed E-state index contributed by atoms with van der Waals surface area (Å²) >= 11 is 0. The quantitative estimate of drug-likeness (QED) is 0.714. The van der Waals surface area contributed by atoms with E-state index in [9.17, 15) is 14.4 Å². The number of hydrogen-bond donors (Lipinski definition) is 2. The highest BCUT2D eigenvalue weighted by molar-refractivity contribution is 5.90. The van der Waals surface area contributed by atoms with Crippen LogP contribution >= 0.6 is 0 Å². The van der Waals surface area contributed by atoms with E-state index in [2.05, 4.69) is 15.6 Å². The molecule has 2 amide bonds. The van der Waals surface area contributed by atoms with Gasteiger partial charge in [-0.1, -0.05) is 6.07 Å². The SMILES string of the molecule is CC(=O)NCCC(=O)NC([C]=O)=Cc1ccccn1. The lowest BCUT2D eigenvalue weighted by Crippen LogP contribution is -2.29. The maximum atomic E-state index is 11.5. The lowest BCUT2D eigenvalue weighted by molar-refractivity contribution is -0.120. The Kier molecular flexibility index (Phi) is 5.94. The molecule has 1 heterocycles. The van der Waals surface area contributed by atoms with Gasteiger partial charge in [0.25, 0.3) is 6.29 Å². The first-order valence-corrected chi connectivity index (χ1v) is 5.67. The zero-order valence-corrected chi connectivity index (χ0v) is 10.5. The molecule has 1 aromatic rings. The topological polar surface area (TPSA) is 88.2 Å². The Labute approximate surface area is 110 Å². The van der Waals surface area contributed by atoms with Crippen LogP contribution < -0.4 is 10.6 Å². The van der Waals surface area contributed by atoms with Crippen molar-refractivity contribution in [3.05, 3.63) is 35.8 Å². The molecule has 0 saturated carbocycles. The summed E-state index contributed by atoms with van der Waals surface area (Å²) in [6.45, 7) is 1.58. The lowest BCUT2D eigenvalue weighted by atomic mass is 10.3. The first kappa shape index (κ1) is 14.6. The van der Waals surface area contributed by atoms with Crippen LogP contribution in [0.4, 0.5) is 0 Å². The van der Waals surface area contributed by atoms with E-state index >= 15 is 0 Å². The van der Waals surface area contributed by atoms with E-state index < -0.39 is 0 Å². The van der Waals surface area contributed by atoms with Crippen LogP contribution in [0.25, 0.3) is 6.08 Å². The van der Waals surface area contributed by atoms with Crippen LogP contribution in [0.15, 0.2) is 30.1 Å². The minimum absolute atomic E-state index is 0.00604. The Morgan fingerprint density at radius 1 is 1.42 bits per heavy atom. The second-order valence-electron chi connectivity index (χ2n) is 3.70. The number of amides is 2. The van der Waals surface area contributed by atoms with Crippen molar-refractivity contribution in [1.29, 1.82) is 0 Å². The highest BCUT2D eigenvalue weighted by atomic mass is 16.2. The van der Waals surface area contributed by atoms with Gasteiger partial charge in [0.1, 0.15) is 0 Å². The van der Waals surface area contributed by atoms with E-state index in [4.69, 9.17) is 0 Å². The van der Waals surface area contributed by atoms with E-state index in [0.29, 0.717) is 5.69 Å². The van der Waals surface area contributed by atoms with E-state index in [1.807, 2.05) is 0 Å². The van der Waals surface area contributed by atoms with Crippen molar-refractivity contribution < 1.29 is 14.4 Å². The molecule has 0 aliphatic heterocycles. The largest absolute Gasteiger partial charge is 0.356 e. The van der Waals surface area contributed by atoms with Gasteiger partial charge >= 0.3 is 0 Å². The monoisotopic (exact) mass is 260 g/mol. The van der Waals surface area contributed by atoms with E-state index in [-0.39, 0.29) is 30.5 Å². The number of carbonyl (C=O) groups excluding carboxylic acids is 3. The molecule has 0 aromatic carbocycles. The maximum Gasteiger partial charge on any atom is 0.251 e. The van der Waals surface area contributed by atoms with Crippen molar-refractivity contribution in [3.63, 3.8) is 0 Å². The van der Waals surface area contributed by atoms with Gasteiger partial charge < -0.3 is 10.6 Å². The van der Waals surface area contributed by atoms with Gasteiger partial charge in [-0.25, -0.2) is 0 Å². The van der Waals surface area contributed by atoms with Crippen LogP contribution in [0.1, 0.15) is 19.0 Å². The van der Waals surface area contributed by atoms with E-state index in [0.717, 1.165) is 0 Å². The molecule has 0 fully saturated rings. The van der Waals surface area contributed by atoms with Crippen molar-refractivity contribution in [2.75, 3.05) is 6.54 Å². The summed E-state index contributed by atoms with van der Waals surface area (Å²) in [4.78, 5) is 36.8. The average molecular weight is 260 g/mol. The average Bonchev–Trinajstić information content (AvgIpc) is 2.38. The first-order valence-electron chi connectivity index (χ1n) is 5.67. The summed E-state index contributed by atoms with van der Waals surface area (Å²) in [5.74, 6) is -0.585. The number of allylic oxidation sites excluding steroid dienone is 1. The Bertz CT molecular complexity index is 483. The molecule has 0 unspecified atom stereocenters. The molecule has 2 N–H and O–H groups in total. The summed E-state index contributed by atoms with van der Waals surface area (Å²) < 4.78 is 0. The molecule has 1 radical (unpaired) electrons. The molecule has 0 atom stereocenters. The van der Waals surface area contributed by atoms with Gasteiger partial charge in [-0.3, -0.25) is 19.4 Å². The van der Waals surface area contributed by atoms with Crippen molar-refractivity contribution >= 4 is 24.2 Å². The summed E-state index contributed by atoms with van der Waals surface area (Å²) in [5.41, 5.74) is 0.550. The van der Waals surface area contributed by atoms with Crippen molar-refractivity contribution in [1.82, 2.24) is 15.6 Å². The number of nitrogens with zero attached hydrogens (tertiary/aromatic N) is 1. The third kappa shape index (κ3) is 6.11. The molecular formula is C13H14N3O3. The fraction of sp³-hybridized carbons (Fsp3) is 0.231. The van der Waals surface area contributed by atoms with Gasteiger partial charge in [-0.2, -0.15) is 0 Å². The van der Waals surface area contributed by atoms with Crippen molar-refractivity contribution in [2.45, 2.75) is 13.3 Å². The van der Waals surface area contributed by atoms with E-state index in [1.54, 1.807) is 30.7 Å². The third-order valence-electron chi connectivity index (χ3n) is 2.09. The van der Waals surface area contributed by atoms with Crippen LogP contribution in [0, 0.1) is 0 Å². The highest BCUT2D eigenvalue weighted by Gasteiger charge is 2.05. The summed E-state index contributed by atoms with van der Waals surface area (Å²) in [5, 5.41) is 4.88. The second-order valence-corrected chi connectivity index (χ2v) is 3.70. The van der Waals surface area contributed by atoms with Gasteiger partial charge in [0.05, 0.1) is 11.4 Å². The molecule has 0 spiro atoms. The molecule has 1 aromatic heterocycles. The smallest absolute Gasteiger partial charge is 0.251 e. The third-order valence-corrected chi connectivity index (χ3v) is 2.09. The number of aromatic nitrogens is 1. The Balaban J connectivity index is 2.53. The van der Waals surface area contributed by atoms with Crippen LogP contribution in [0.2, 0.25) is 0 Å². The van der Waals surface area contributed by atoms with Crippen molar-refractivity contribution in [3.8, 4) is 0 Å². The molecule has 0 saturated heterocycles.